The zero-order valence-electron chi connectivity index (χ0n) is 16.3. The number of benzene rings is 1. The van der Waals surface area contributed by atoms with Gasteiger partial charge in [-0.3, -0.25) is 4.79 Å². The van der Waals surface area contributed by atoms with Gasteiger partial charge in [0.05, 0.1) is 16.3 Å². The second kappa shape index (κ2) is 9.07. The number of nitrogens with zero attached hydrogens (tertiary/aromatic N) is 3. The average Bonchev–Trinajstić information content (AvgIpc) is 3.38. The highest BCUT2D eigenvalue weighted by Gasteiger charge is 2.25. The van der Waals surface area contributed by atoms with Crippen molar-refractivity contribution in [3.05, 3.63) is 53.2 Å². The van der Waals surface area contributed by atoms with Gasteiger partial charge >= 0.3 is 0 Å². The molecule has 1 fully saturated rings. The van der Waals surface area contributed by atoms with Crippen LogP contribution in [0.5, 0.6) is 0 Å². The van der Waals surface area contributed by atoms with Gasteiger partial charge in [-0.25, -0.2) is 8.42 Å². The van der Waals surface area contributed by atoms with E-state index in [1.54, 1.807) is 12.1 Å². The standard InChI is InChI=1S/C20H22N4O4S2/c25-20(21-14-18-22-19(23-28-18)17-9-6-12-29-17)15-7-5-8-16(13-15)30(26,27)24-10-3-1-2-4-11-24/h5-9,12-13H,1-4,10-11,14H2,(H,21,25). The molecule has 30 heavy (non-hydrogen) atoms. The van der Waals surface area contributed by atoms with Crippen LogP contribution in [0.4, 0.5) is 0 Å². The first kappa shape index (κ1) is 20.7. The maximum absolute atomic E-state index is 13.0. The van der Waals surface area contributed by atoms with Crippen molar-refractivity contribution >= 4 is 27.3 Å². The quantitative estimate of drug-likeness (QED) is 0.623. The molecule has 1 aliphatic heterocycles. The summed E-state index contributed by atoms with van der Waals surface area (Å²) < 4.78 is 32.6. The summed E-state index contributed by atoms with van der Waals surface area (Å²) in [6.45, 7) is 1.09. The van der Waals surface area contributed by atoms with Crippen molar-refractivity contribution in [2.75, 3.05) is 13.1 Å². The minimum atomic E-state index is -3.62. The van der Waals surface area contributed by atoms with Gasteiger partial charge in [0.15, 0.2) is 0 Å². The number of hydrogen-bond donors (Lipinski definition) is 1. The molecule has 1 saturated heterocycles. The van der Waals surface area contributed by atoms with Gasteiger partial charge in [0.1, 0.15) is 0 Å². The van der Waals surface area contributed by atoms with Crippen molar-refractivity contribution in [3.8, 4) is 10.7 Å². The lowest BCUT2D eigenvalue weighted by Crippen LogP contribution is -2.32. The van der Waals surface area contributed by atoms with E-state index in [1.165, 1.54) is 27.8 Å². The Hall–Kier alpha value is -2.56. The van der Waals surface area contributed by atoms with E-state index in [4.69, 9.17) is 4.52 Å². The third-order valence-electron chi connectivity index (χ3n) is 4.91. The van der Waals surface area contributed by atoms with Gasteiger partial charge in [0, 0.05) is 18.7 Å². The molecular weight excluding hydrogens is 424 g/mol. The second-order valence-electron chi connectivity index (χ2n) is 7.02. The normalized spacial score (nSPS) is 15.6. The van der Waals surface area contributed by atoms with Gasteiger partial charge in [-0.05, 0) is 42.5 Å². The molecular formula is C20H22N4O4S2. The van der Waals surface area contributed by atoms with Crippen molar-refractivity contribution < 1.29 is 17.7 Å². The Morgan fingerprint density at radius 3 is 2.67 bits per heavy atom. The number of nitrogens with one attached hydrogen (secondary N) is 1. The zero-order valence-corrected chi connectivity index (χ0v) is 17.9. The summed E-state index contributed by atoms with van der Waals surface area (Å²) >= 11 is 1.49. The third-order valence-corrected chi connectivity index (χ3v) is 7.67. The average molecular weight is 447 g/mol. The van der Waals surface area contributed by atoms with Crippen LogP contribution in [0, 0.1) is 0 Å². The molecule has 0 bridgehead atoms. The fourth-order valence-corrected chi connectivity index (χ4v) is 5.53. The number of amides is 1. The van der Waals surface area contributed by atoms with Gasteiger partial charge in [0.2, 0.25) is 21.7 Å². The van der Waals surface area contributed by atoms with Crippen LogP contribution in [-0.4, -0.2) is 41.9 Å². The van der Waals surface area contributed by atoms with Crippen LogP contribution < -0.4 is 5.32 Å². The Morgan fingerprint density at radius 2 is 1.93 bits per heavy atom. The number of carbonyl (C=O) groups is 1. The van der Waals surface area contributed by atoms with E-state index >= 15 is 0 Å². The fourth-order valence-electron chi connectivity index (χ4n) is 3.32. The number of hydrogen-bond acceptors (Lipinski definition) is 7. The Morgan fingerprint density at radius 1 is 1.13 bits per heavy atom. The van der Waals surface area contributed by atoms with Gasteiger partial charge in [-0.2, -0.15) is 9.29 Å². The number of sulfonamides is 1. The number of aromatic nitrogens is 2. The van der Waals surface area contributed by atoms with Crippen molar-refractivity contribution in [2.24, 2.45) is 0 Å². The van der Waals surface area contributed by atoms with E-state index in [-0.39, 0.29) is 22.9 Å². The molecule has 158 valence electrons. The molecule has 0 saturated carbocycles. The first-order chi connectivity index (χ1) is 14.5. The van der Waals surface area contributed by atoms with Crippen molar-refractivity contribution in [1.29, 1.82) is 0 Å². The minimum Gasteiger partial charge on any atom is -0.343 e. The largest absolute Gasteiger partial charge is 0.343 e. The number of rotatable bonds is 6. The lowest BCUT2D eigenvalue weighted by Gasteiger charge is -2.20. The molecule has 1 aliphatic rings. The van der Waals surface area contributed by atoms with Gasteiger partial charge in [0.25, 0.3) is 5.91 Å². The monoisotopic (exact) mass is 446 g/mol. The molecule has 2 aromatic heterocycles. The summed E-state index contributed by atoms with van der Waals surface area (Å²) in [7, 11) is -3.62. The lowest BCUT2D eigenvalue weighted by molar-refractivity contribution is 0.0946. The second-order valence-corrected chi connectivity index (χ2v) is 9.90. The van der Waals surface area contributed by atoms with Crippen LogP contribution in [0.25, 0.3) is 10.7 Å². The van der Waals surface area contributed by atoms with Crippen LogP contribution in [0.1, 0.15) is 41.9 Å². The Balaban J connectivity index is 1.43. The van der Waals surface area contributed by atoms with Gasteiger partial charge in [-0.1, -0.05) is 30.1 Å². The summed E-state index contributed by atoms with van der Waals surface area (Å²) in [5.41, 5.74) is 0.267. The van der Waals surface area contributed by atoms with Crippen LogP contribution in [-0.2, 0) is 16.6 Å². The predicted molar refractivity (Wildman–Crippen MR) is 112 cm³/mol. The predicted octanol–water partition coefficient (Wildman–Crippen LogP) is 3.29. The minimum absolute atomic E-state index is 0.0559. The van der Waals surface area contributed by atoms with Gasteiger partial charge < -0.3 is 9.84 Å². The van der Waals surface area contributed by atoms with E-state index in [1.807, 2.05) is 17.5 Å². The van der Waals surface area contributed by atoms with E-state index in [2.05, 4.69) is 15.5 Å². The summed E-state index contributed by atoms with van der Waals surface area (Å²) in [5, 5.41) is 8.52. The number of thiophene rings is 1. The summed E-state index contributed by atoms with van der Waals surface area (Å²) in [6, 6.07) is 9.89. The van der Waals surface area contributed by atoms with Crippen LogP contribution in [0.2, 0.25) is 0 Å². The van der Waals surface area contributed by atoms with Crippen molar-refractivity contribution in [1.82, 2.24) is 19.8 Å². The SMILES string of the molecule is O=C(NCc1nc(-c2cccs2)no1)c1cccc(S(=O)(=O)N2CCCCCC2)c1. The maximum atomic E-state index is 13.0. The van der Waals surface area contributed by atoms with Gasteiger partial charge in [-0.15, -0.1) is 11.3 Å². The summed E-state index contributed by atoms with van der Waals surface area (Å²) in [5.74, 6) is 0.346. The maximum Gasteiger partial charge on any atom is 0.251 e. The highest BCUT2D eigenvalue weighted by molar-refractivity contribution is 7.89. The molecule has 0 atom stereocenters. The van der Waals surface area contributed by atoms with E-state index in [9.17, 15) is 13.2 Å². The van der Waals surface area contributed by atoms with Crippen LogP contribution in [0.3, 0.4) is 0 Å². The Kier molecular flexibility index (Phi) is 6.26. The van der Waals surface area contributed by atoms with Crippen LogP contribution in [0.15, 0.2) is 51.2 Å². The lowest BCUT2D eigenvalue weighted by atomic mass is 10.2. The van der Waals surface area contributed by atoms with E-state index in [0.717, 1.165) is 30.6 Å². The molecule has 0 radical (unpaired) electrons. The molecule has 0 aliphatic carbocycles. The van der Waals surface area contributed by atoms with E-state index < -0.39 is 15.9 Å². The molecule has 0 spiro atoms. The molecule has 10 heteroatoms. The Labute approximate surface area is 179 Å². The smallest absolute Gasteiger partial charge is 0.251 e. The topological polar surface area (TPSA) is 105 Å². The molecule has 1 aromatic carbocycles. The fraction of sp³-hybridized carbons (Fsp3) is 0.350. The number of carbonyl (C=O) groups excluding carboxylic acids is 1. The Bertz CT molecular complexity index is 1100. The highest BCUT2D eigenvalue weighted by atomic mass is 32.2. The van der Waals surface area contributed by atoms with Crippen molar-refractivity contribution in [3.63, 3.8) is 0 Å². The molecule has 8 nitrogen and oxygen atoms in total. The highest BCUT2D eigenvalue weighted by Crippen LogP contribution is 2.22. The molecule has 0 unspecified atom stereocenters. The molecule has 4 rings (SSSR count). The third kappa shape index (κ3) is 4.61. The molecule has 1 N–H and O–H groups in total. The molecule has 3 heterocycles. The molecule has 1 amide bonds. The van der Waals surface area contributed by atoms with Crippen molar-refractivity contribution in [2.45, 2.75) is 37.1 Å². The first-order valence-corrected chi connectivity index (χ1v) is 12.1. The summed E-state index contributed by atoms with van der Waals surface area (Å²) in [6.07, 6.45) is 3.80. The first-order valence-electron chi connectivity index (χ1n) is 9.79. The van der Waals surface area contributed by atoms with E-state index in [0.29, 0.717) is 18.9 Å². The zero-order chi connectivity index (χ0) is 21.0. The molecule has 3 aromatic rings. The van der Waals surface area contributed by atoms with Crippen LogP contribution >= 0.6 is 11.3 Å². The summed E-state index contributed by atoms with van der Waals surface area (Å²) in [4.78, 5) is 17.8.